The summed E-state index contributed by atoms with van der Waals surface area (Å²) in [6.45, 7) is 0.688. The summed E-state index contributed by atoms with van der Waals surface area (Å²) < 4.78 is 1.51. The Morgan fingerprint density at radius 2 is 2.33 bits per heavy atom. The molecule has 0 aliphatic carbocycles. The highest BCUT2D eigenvalue weighted by atomic mass is 32.1. The fourth-order valence-electron chi connectivity index (χ4n) is 1.80. The summed E-state index contributed by atoms with van der Waals surface area (Å²) in [5.74, 6) is -0.0221. The monoisotopic (exact) mass is 319 g/mol. The van der Waals surface area contributed by atoms with Crippen LogP contribution in [0.5, 0.6) is 0 Å². The third-order valence-corrected chi connectivity index (χ3v) is 4.80. The Kier molecular flexibility index (Phi) is 4.07. The van der Waals surface area contributed by atoms with Crippen molar-refractivity contribution in [2.24, 2.45) is 0 Å². The number of carbonyl (C=O) groups excluding carboxylic acids is 1. The lowest BCUT2D eigenvalue weighted by molar-refractivity contribution is -0.131. The van der Waals surface area contributed by atoms with E-state index in [1.54, 1.807) is 34.6 Å². The highest BCUT2D eigenvalue weighted by molar-refractivity contribution is 7.20. The minimum absolute atomic E-state index is 0.0221. The van der Waals surface area contributed by atoms with E-state index in [1.807, 2.05) is 22.9 Å². The average molecular weight is 319 g/mol. The number of rotatable bonds is 5. The van der Waals surface area contributed by atoms with Gasteiger partial charge in [-0.1, -0.05) is 6.07 Å². The van der Waals surface area contributed by atoms with E-state index in [0.717, 1.165) is 15.6 Å². The zero-order valence-electron chi connectivity index (χ0n) is 11.3. The van der Waals surface area contributed by atoms with E-state index in [1.165, 1.54) is 17.3 Å². The molecule has 3 rings (SSSR count). The third kappa shape index (κ3) is 3.34. The summed E-state index contributed by atoms with van der Waals surface area (Å²) in [6.07, 6.45) is 2.95. The number of aromatic nitrogens is 4. The van der Waals surface area contributed by atoms with Gasteiger partial charge in [0.05, 0.1) is 17.1 Å². The fourth-order valence-corrected chi connectivity index (χ4v) is 3.42. The molecule has 0 saturated carbocycles. The van der Waals surface area contributed by atoms with Crippen molar-refractivity contribution in [1.82, 2.24) is 24.6 Å². The Balaban J connectivity index is 1.62. The number of thiophene rings is 1. The Morgan fingerprint density at radius 3 is 3.05 bits per heavy atom. The van der Waals surface area contributed by atoms with Crippen molar-refractivity contribution in [2.45, 2.75) is 13.1 Å². The summed E-state index contributed by atoms with van der Waals surface area (Å²) in [4.78, 5) is 23.3. The van der Waals surface area contributed by atoms with E-state index < -0.39 is 0 Å². The van der Waals surface area contributed by atoms with Crippen molar-refractivity contribution in [3.8, 4) is 9.88 Å². The van der Waals surface area contributed by atoms with Crippen LogP contribution in [-0.4, -0.2) is 37.6 Å². The zero-order valence-corrected chi connectivity index (χ0v) is 13.0. The molecule has 0 unspecified atom stereocenters. The first-order valence-corrected chi connectivity index (χ1v) is 8.03. The van der Waals surface area contributed by atoms with Crippen LogP contribution in [0.3, 0.4) is 0 Å². The van der Waals surface area contributed by atoms with E-state index in [-0.39, 0.29) is 12.5 Å². The van der Waals surface area contributed by atoms with Gasteiger partial charge < -0.3 is 4.90 Å². The van der Waals surface area contributed by atoms with Gasteiger partial charge in [0.1, 0.15) is 24.2 Å². The molecule has 0 fully saturated rings. The smallest absolute Gasteiger partial charge is 0.244 e. The number of likely N-dealkylation sites (N-methyl/N-ethyl adjacent to an activating group) is 1. The Morgan fingerprint density at radius 1 is 1.43 bits per heavy atom. The predicted molar refractivity (Wildman–Crippen MR) is 81.9 cm³/mol. The molecule has 6 nitrogen and oxygen atoms in total. The molecule has 1 amide bonds. The van der Waals surface area contributed by atoms with Crippen molar-refractivity contribution >= 4 is 28.6 Å². The molecule has 0 N–H and O–H groups in total. The summed E-state index contributed by atoms with van der Waals surface area (Å²) in [6, 6.07) is 4.06. The van der Waals surface area contributed by atoms with Crippen LogP contribution in [0.4, 0.5) is 0 Å². The van der Waals surface area contributed by atoms with Gasteiger partial charge in [-0.2, -0.15) is 5.10 Å². The molecular weight excluding hydrogens is 306 g/mol. The molecule has 3 aromatic heterocycles. The number of hydrogen-bond acceptors (Lipinski definition) is 6. The first-order valence-electron chi connectivity index (χ1n) is 6.27. The summed E-state index contributed by atoms with van der Waals surface area (Å²) >= 11 is 3.27. The molecule has 108 valence electrons. The Bertz CT molecular complexity index is 705. The number of nitrogens with zero attached hydrogens (tertiary/aromatic N) is 5. The normalized spacial score (nSPS) is 10.7. The first kappa shape index (κ1) is 13.9. The summed E-state index contributed by atoms with van der Waals surface area (Å²) in [5.41, 5.74) is 0.901. The van der Waals surface area contributed by atoms with Crippen LogP contribution in [0.25, 0.3) is 9.88 Å². The molecule has 0 saturated heterocycles. The van der Waals surface area contributed by atoms with E-state index in [0.29, 0.717) is 6.54 Å². The van der Waals surface area contributed by atoms with Gasteiger partial charge in [-0.15, -0.1) is 22.7 Å². The van der Waals surface area contributed by atoms with Crippen molar-refractivity contribution in [3.63, 3.8) is 0 Å². The summed E-state index contributed by atoms with van der Waals surface area (Å²) in [5, 5.41) is 8.95. The topological polar surface area (TPSA) is 63.9 Å². The highest BCUT2D eigenvalue weighted by Crippen LogP contribution is 2.28. The van der Waals surface area contributed by atoms with Gasteiger partial charge in [0.25, 0.3) is 0 Å². The predicted octanol–water partition coefficient (Wildman–Crippen LogP) is 2.12. The van der Waals surface area contributed by atoms with Gasteiger partial charge in [0.2, 0.25) is 5.91 Å². The molecule has 21 heavy (non-hydrogen) atoms. The number of thiazole rings is 1. The molecule has 0 atom stereocenters. The maximum absolute atomic E-state index is 12.1. The van der Waals surface area contributed by atoms with Gasteiger partial charge >= 0.3 is 0 Å². The molecule has 0 aromatic carbocycles. The minimum Gasteiger partial charge on any atom is -0.338 e. The minimum atomic E-state index is -0.0221. The number of amides is 1. The van der Waals surface area contributed by atoms with Gasteiger partial charge in [-0.05, 0) is 11.4 Å². The zero-order chi connectivity index (χ0) is 14.7. The SMILES string of the molecule is CN(Cc1csc(-c2cccs2)n1)C(=O)Cn1cncn1. The molecule has 0 bridgehead atoms. The van der Waals surface area contributed by atoms with E-state index in [9.17, 15) is 4.79 Å². The lowest BCUT2D eigenvalue weighted by Gasteiger charge is -2.15. The van der Waals surface area contributed by atoms with Crippen molar-refractivity contribution < 1.29 is 4.79 Å². The van der Waals surface area contributed by atoms with Crippen LogP contribution in [-0.2, 0) is 17.9 Å². The lowest BCUT2D eigenvalue weighted by atomic mass is 10.4. The standard InChI is InChI=1S/C13H13N5OS2/c1-17(12(19)6-18-9-14-8-15-18)5-10-7-21-13(16-10)11-3-2-4-20-11/h2-4,7-9H,5-6H2,1H3. The maximum atomic E-state index is 12.1. The van der Waals surface area contributed by atoms with Gasteiger partial charge in [-0.3, -0.25) is 4.79 Å². The van der Waals surface area contributed by atoms with Crippen LogP contribution in [0.15, 0.2) is 35.5 Å². The van der Waals surface area contributed by atoms with E-state index in [2.05, 4.69) is 15.1 Å². The molecule has 3 aromatic rings. The van der Waals surface area contributed by atoms with Gasteiger partial charge in [-0.25, -0.2) is 14.6 Å². The van der Waals surface area contributed by atoms with Crippen LogP contribution in [0.2, 0.25) is 0 Å². The Hall–Kier alpha value is -2.06. The van der Waals surface area contributed by atoms with Crippen molar-refractivity contribution in [1.29, 1.82) is 0 Å². The molecule has 0 aliphatic rings. The van der Waals surface area contributed by atoms with Crippen molar-refractivity contribution in [3.05, 3.63) is 41.2 Å². The average Bonchev–Trinajstić information content (AvgIpc) is 3.20. The second kappa shape index (κ2) is 6.15. The fraction of sp³-hybridized carbons (Fsp3) is 0.231. The molecule has 0 spiro atoms. The number of carbonyl (C=O) groups is 1. The highest BCUT2D eigenvalue weighted by Gasteiger charge is 2.13. The van der Waals surface area contributed by atoms with Gasteiger partial charge in [0.15, 0.2) is 0 Å². The molecule has 0 radical (unpaired) electrons. The van der Waals surface area contributed by atoms with Gasteiger partial charge in [0, 0.05) is 12.4 Å². The molecule has 0 aliphatic heterocycles. The molecule has 8 heteroatoms. The van der Waals surface area contributed by atoms with Crippen molar-refractivity contribution in [2.75, 3.05) is 7.05 Å². The van der Waals surface area contributed by atoms with Crippen LogP contribution in [0, 0.1) is 0 Å². The molecular formula is C13H13N5OS2. The second-order valence-corrected chi connectivity index (χ2v) is 6.27. The Labute approximate surface area is 129 Å². The second-order valence-electron chi connectivity index (χ2n) is 4.46. The van der Waals surface area contributed by atoms with Crippen LogP contribution in [0.1, 0.15) is 5.69 Å². The lowest BCUT2D eigenvalue weighted by Crippen LogP contribution is -2.30. The quantitative estimate of drug-likeness (QED) is 0.722. The van der Waals surface area contributed by atoms with Crippen LogP contribution < -0.4 is 0 Å². The first-order chi connectivity index (χ1) is 10.2. The summed E-state index contributed by atoms with van der Waals surface area (Å²) in [7, 11) is 1.77. The maximum Gasteiger partial charge on any atom is 0.244 e. The molecule has 3 heterocycles. The van der Waals surface area contributed by atoms with Crippen LogP contribution >= 0.6 is 22.7 Å². The third-order valence-electron chi connectivity index (χ3n) is 2.87. The largest absolute Gasteiger partial charge is 0.338 e. The number of hydrogen-bond donors (Lipinski definition) is 0. The van der Waals surface area contributed by atoms with E-state index >= 15 is 0 Å². The van der Waals surface area contributed by atoms with E-state index in [4.69, 9.17) is 0 Å².